The molecule has 1 aliphatic heterocycles. The fourth-order valence-electron chi connectivity index (χ4n) is 1.81. The van der Waals surface area contributed by atoms with Crippen molar-refractivity contribution in [1.82, 2.24) is 0 Å². The largest absolute Gasteiger partial charge is 0.573 e. The molecule has 1 aromatic rings. The van der Waals surface area contributed by atoms with Crippen LogP contribution in [0.5, 0.6) is 5.75 Å². The molecule has 0 radical (unpaired) electrons. The number of alkyl halides is 3. The summed E-state index contributed by atoms with van der Waals surface area (Å²) in [6.07, 6.45) is -2.38. The SMILES string of the molecule is FC(F)(F)Oc1ccc(NCC2CCCO2)cc1. The molecule has 1 fully saturated rings. The van der Waals surface area contributed by atoms with Crippen LogP contribution in [-0.4, -0.2) is 25.6 Å². The summed E-state index contributed by atoms with van der Waals surface area (Å²) in [5.74, 6) is -0.217. The Kier molecular flexibility index (Phi) is 3.96. The van der Waals surface area contributed by atoms with Crippen LogP contribution in [0.25, 0.3) is 0 Å². The van der Waals surface area contributed by atoms with E-state index in [0.717, 1.165) is 25.1 Å². The predicted octanol–water partition coefficient (Wildman–Crippen LogP) is 3.18. The molecule has 0 spiro atoms. The van der Waals surface area contributed by atoms with E-state index in [1.807, 2.05) is 0 Å². The quantitative estimate of drug-likeness (QED) is 0.903. The zero-order valence-electron chi connectivity index (χ0n) is 9.67. The molecular weight excluding hydrogens is 247 g/mol. The lowest BCUT2D eigenvalue weighted by Crippen LogP contribution is -2.18. The van der Waals surface area contributed by atoms with Crippen LogP contribution < -0.4 is 10.1 Å². The molecule has 1 saturated heterocycles. The lowest BCUT2D eigenvalue weighted by molar-refractivity contribution is -0.274. The Labute approximate surface area is 103 Å². The predicted molar refractivity (Wildman–Crippen MR) is 60.6 cm³/mol. The summed E-state index contributed by atoms with van der Waals surface area (Å²) in [5.41, 5.74) is 0.750. The van der Waals surface area contributed by atoms with Crippen LogP contribution in [0.4, 0.5) is 18.9 Å². The molecule has 1 heterocycles. The molecule has 1 unspecified atom stereocenters. The molecule has 0 bridgehead atoms. The second kappa shape index (κ2) is 5.48. The first-order valence-corrected chi connectivity index (χ1v) is 5.74. The molecule has 1 aliphatic rings. The van der Waals surface area contributed by atoms with E-state index in [1.165, 1.54) is 12.1 Å². The fraction of sp³-hybridized carbons (Fsp3) is 0.500. The van der Waals surface area contributed by atoms with Crippen LogP contribution in [0.2, 0.25) is 0 Å². The molecule has 0 saturated carbocycles. The average Bonchev–Trinajstić information content (AvgIpc) is 2.79. The summed E-state index contributed by atoms with van der Waals surface area (Å²) < 4.78 is 45.0. The molecule has 1 atom stereocenters. The van der Waals surface area contributed by atoms with Crippen LogP contribution in [0.1, 0.15) is 12.8 Å². The normalized spacial score (nSPS) is 19.8. The van der Waals surface area contributed by atoms with Gasteiger partial charge in [-0.15, -0.1) is 13.2 Å². The maximum atomic E-state index is 11.9. The van der Waals surface area contributed by atoms with Gasteiger partial charge >= 0.3 is 6.36 Å². The van der Waals surface area contributed by atoms with Crippen LogP contribution in [0.15, 0.2) is 24.3 Å². The summed E-state index contributed by atoms with van der Waals surface area (Å²) >= 11 is 0. The van der Waals surface area contributed by atoms with Gasteiger partial charge < -0.3 is 14.8 Å². The van der Waals surface area contributed by atoms with Gasteiger partial charge in [0.15, 0.2) is 0 Å². The molecule has 0 aromatic heterocycles. The molecule has 0 amide bonds. The number of ether oxygens (including phenoxy) is 2. The van der Waals surface area contributed by atoms with Gasteiger partial charge in [0.25, 0.3) is 0 Å². The van der Waals surface area contributed by atoms with Crippen molar-refractivity contribution in [1.29, 1.82) is 0 Å². The van der Waals surface area contributed by atoms with Gasteiger partial charge in [-0.05, 0) is 37.1 Å². The second-order valence-corrected chi connectivity index (χ2v) is 4.09. The molecule has 18 heavy (non-hydrogen) atoms. The lowest BCUT2D eigenvalue weighted by Gasteiger charge is -2.13. The standard InChI is InChI=1S/C12H14F3NO2/c13-12(14,15)18-10-5-3-9(4-6-10)16-8-11-2-1-7-17-11/h3-6,11,16H,1-2,7-8H2. The Balaban J connectivity index is 1.83. The van der Waals surface area contributed by atoms with Crippen molar-refractivity contribution >= 4 is 5.69 Å². The van der Waals surface area contributed by atoms with Crippen LogP contribution >= 0.6 is 0 Å². The van der Waals surface area contributed by atoms with E-state index in [2.05, 4.69) is 10.1 Å². The third kappa shape index (κ3) is 4.10. The zero-order chi connectivity index (χ0) is 13.0. The smallest absolute Gasteiger partial charge is 0.406 e. The first-order chi connectivity index (χ1) is 8.53. The van der Waals surface area contributed by atoms with E-state index in [1.54, 1.807) is 12.1 Å². The van der Waals surface area contributed by atoms with Crippen molar-refractivity contribution < 1.29 is 22.6 Å². The highest BCUT2D eigenvalue weighted by molar-refractivity contribution is 5.46. The minimum atomic E-state index is -4.65. The molecule has 2 rings (SSSR count). The zero-order valence-corrected chi connectivity index (χ0v) is 9.67. The maximum Gasteiger partial charge on any atom is 0.573 e. The van der Waals surface area contributed by atoms with Crippen LogP contribution in [0, 0.1) is 0 Å². The van der Waals surface area contributed by atoms with Crippen molar-refractivity contribution in [2.75, 3.05) is 18.5 Å². The van der Waals surface area contributed by atoms with Crippen molar-refractivity contribution in [3.63, 3.8) is 0 Å². The first kappa shape index (κ1) is 13.0. The summed E-state index contributed by atoms with van der Waals surface area (Å²) in [6, 6.07) is 5.67. The van der Waals surface area contributed by atoms with Crippen molar-refractivity contribution in [2.45, 2.75) is 25.3 Å². The molecule has 3 nitrogen and oxygen atoms in total. The van der Waals surface area contributed by atoms with E-state index >= 15 is 0 Å². The van der Waals surface area contributed by atoms with Gasteiger partial charge in [-0.2, -0.15) is 0 Å². The highest BCUT2D eigenvalue weighted by Crippen LogP contribution is 2.24. The third-order valence-electron chi connectivity index (χ3n) is 2.65. The number of halogens is 3. The van der Waals surface area contributed by atoms with Gasteiger partial charge in [-0.3, -0.25) is 0 Å². The Hall–Kier alpha value is -1.43. The number of benzene rings is 1. The van der Waals surface area contributed by atoms with E-state index in [0.29, 0.717) is 6.54 Å². The maximum absolute atomic E-state index is 11.9. The first-order valence-electron chi connectivity index (χ1n) is 5.74. The highest BCUT2D eigenvalue weighted by atomic mass is 19.4. The van der Waals surface area contributed by atoms with Gasteiger partial charge in [0.1, 0.15) is 5.75 Å². The van der Waals surface area contributed by atoms with Gasteiger partial charge in [-0.1, -0.05) is 0 Å². The van der Waals surface area contributed by atoms with Crippen molar-refractivity contribution in [3.05, 3.63) is 24.3 Å². The Morgan fingerprint density at radius 1 is 1.28 bits per heavy atom. The minimum Gasteiger partial charge on any atom is -0.406 e. The molecule has 0 aliphatic carbocycles. The Bertz CT molecular complexity index is 372. The molecule has 1 N–H and O–H groups in total. The van der Waals surface area contributed by atoms with Crippen LogP contribution in [0.3, 0.4) is 0 Å². The van der Waals surface area contributed by atoms with Gasteiger partial charge in [0.2, 0.25) is 0 Å². The summed E-state index contributed by atoms with van der Waals surface area (Å²) in [5, 5.41) is 3.11. The lowest BCUT2D eigenvalue weighted by atomic mass is 10.2. The third-order valence-corrected chi connectivity index (χ3v) is 2.65. The number of anilines is 1. The highest BCUT2D eigenvalue weighted by Gasteiger charge is 2.30. The van der Waals surface area contributed by atoms with Crippen molar-refractivity contribution in [2.24, 2.45) is 0 Å². The average molecular weight is 261 g/mol. The second-order valence-electron chi connectivity index (χ2n) is 4.09. The molecule has 6 heteroatoms. The van der Waals surface area contributed by atoms with E-state index in [-0.39, 0.29) is 11.9 Å². The molecule has 1 aromatic carbocycles. The summed E-state index contributed by atoms with van der Waals surface area (Å²) in [4.78, 5) is 0. The Morgan fingerprint density at radius 3 is 2.56 bits per heavy atom. The van der Waals surface area contributed by atoms with Crippen molar-refractivity contribution in [3.8, 4) is 5.75 Å². The Morgan fingerprint density at radius 2 is 2.00 bits per heavy atom. The number of hydrogen-bond acceptors (Lipinski definition) is 3. The fourth-order valence-corrected chi connectivity index (χ4v) is 1.81. The van der Waals surface area contributed by atoms with Gasteiger partial charge in [-0.25, -0.2) is 0 Å². The van der Waals surface area contributed by atoms with E-state index in [4.69, 9.17) is 4.74 Å². The summed E-state index contributed by atoms with van der Waals surface area (Å²) in [7, 11) is 0. The van der Waals surface area contributed by atoms with Crippen LogP contribution in [-0.2, 0) is 4.74 Å². The van der Waals surface area contributed by atoms with Gasteiger partial charge in [0.05, 0.1) is 6.10 Å². The molecular formula is C12H14F3NO2. The number of rotatable bonds is 4. The van der Waals surface area contributed by atoms with E-state index < -0.39 is 6.36 Å². The topological polar surface area (TPSA) is 30.5 Å². The number of nitrogens with one attached hydrogen (secondary N) is 1. The monoisotopic (exact) mass is 261 g/mol. The van der Waals surface area contributed by atoms with E-state index in [9.17, 15) is 13.2 Å². The minimum absolute atomic E-state index is 0.191. The summed E-state index contributed by atoms with van der Waals surface area (Å²) in [6.45, 7) is 1.45. The van der Waals surface area contributed by atoms with Gasteiger partial charge in [0, 0.05) is 18.8 Å². The number of hydrogen-bond donors (Lipinski definition) is 1. The molecule has 100 valence electrons.